The second-order valence-electron chi connectivity index (χ2n) is 8.47. The van der Waals surface area contributed by atoms with Crippen molar-refractivity contribution in [1.29, 1.82) is 0 Å². The van der Waals surface area contributed by atoms with Crippen LogP contribution in [0.5, 0.6) is 0 Å². The van der Waals surface area contributed by atoms with Gasteiger partial charge in [0.15, 0.2) is 23.9 Å². The molecule has 1 aliphatic rings. The number of fused-ring (bicyclic) bond motifs is 1. The number of nitrogens with zero attached hydrogens (tertiary/aromatic N) is 3. The first kappa shape index (κ1) is 24.3. The maximum Gasteiger partial charge on any atom is 0.519 e. The van der Waals surface area contributed by atoms with Crippen LogP contribution in [0, 0.1) is 6.92 Å². The molecule has 12 nitrogen and oxygen atoms in total. The first-order valence-electron chi connectivity index (χ1n) is 11.7. The third kappa shape index (κ3) is 5.70. The van der Waals surface area contributed by atoms with Crippen molar-refractivity contribution in [2.45, 2.75) is 45.0 Å². The zero-order valence-corrected chi connectivity index (χ0v) is 19.9. The Morgan fingerprint density at radius 2 is 1.95 bits per heavy atom. The van der Waals surface area contributed by atoms with Gasteiger partial charge in [-0.1, -0.05) is 30.3 Å². The summed E-state index contributed by atoms with van der Waals surface area (Å²) in [5, 5.41) is 6.86. The summed E-state index contributed by atoms with van der Waals surface area (Å²) in [4.78, 5) is 39.7. The van der Waals surface area contributed by atoms with Crippen LogP contribution in [0.3, 0.4) is 0 Å². The first-order valence-corrected chi connectivity index (χ1v) is 11.7. The summed E-state index contributed by atoms with van der Waals surface area (Å²) in [6.45, 7) is 1.43. The van der Waals surface area contributed by atoms with Crippen LogP contribution in [-0.4, -0.2) is 39.4 Å². The fourth-order valence-electron chi connectivity index (χ4n) is 4.11. The van der Waals surface area contributed by atoms with Gasteiger partial charge in [-0.3, -0.25) is 10.1 Å². The number of benzene rings is 1. The molecule has 1 aromatic carbocycles. The Morgan fingerprint density at radius 3 is 2.73 bits per heavy atom. The molecule has 1 fully saturated rings. The molecule has 5 rings (SSSR count). The van der Waals surface area contributed by atoms with Crippen molar-refractivity contribution >= 4 is 23.4 Å². The van der Waals surface area contributed by atoms with Gasteiger partial charge in [0.25, 0.3) is 0 Å². The van der Waals surface area contributed by atoms with Crippen molar-refractivity contribution in [2.24, 2.45) is 0 Å². The molecule has 0 bridgehead atoms. The highest BCUT2D eigenvalue weighted by molar-refractivity contribution is 5.88. The quantitative estimate of drug-likeness (QED) is 0.351. The molecule has 1 aliphatic heterocycles. The van der Waals surface area contributed by atoms with E-state index in [0.717, 1.165) is 24.1 Å². The van der Waals surface area contributed by atoms with Crippen LogP contribution in [0.15, 0.2) is 62.4 Å². The highest BCUT2D eigenvalue weighted by Crippen LogP contribution is 2.34. The maximum absolute atomic E-state index is 12.3. The summed E-state index contributed by atoms with van der Waals surface area (Å²) in [5.41, 5.74) is 2.22. The molecule has 1 amide bonds. The van der Waals surface area contributed by atoms with E-state index in [1.54, 1.807) is 10.6 Å². The summed E-state index contributed by atoms with van der Waals surface area (Å²) in [7, 11) is 0. The molecule has 37 heavy (non-hydrogen) atoms. The molecule has 4 aromatic rings. The Hall–Kier alpha value is -4.45. The van der Waals surface area contributed by atoms with E-state index < -0.39 is 11.9 Å². The van der Waals surface area contributed by atoms with E-state index in [0.29, 0.717) is 5.52 Å². The fraction of sp³-hybridized carbons (Fsp3) is 0.320. The number of aromatic nitrogens is 3. The molecule has 2 atom stereocenters. The number of nitrogens with one attached hydrogen (secondary N) is 1. The Balaban J connectivity index is 1.17. The lowest BCUT2D eigenvalue weighted by Crippen LogP contribution is -2.19. The minimum absolute atomic E-state index is 0.122. The Labute approximate surface area is 210 Å². The summed E-state index contributed by atoms with van der Waals surface area (Å²) in [6.07, 6.45) is 1.69. The molecule has 1 saturated heterocycles. The predicted octanol–water partition coefficient (Wildman–Crippen LogP) is 3.34. The van der Waals surface area contributed by atoms with Gasteiger partial charge in [-0.05, 0) is 37.5 Å². The number of carbonyl (C=O) groups is 2. The molecule has 1 N–H and O–H groups in total. The Kier molecular flexibility index (Phi) is 6.99. The van der Waals surface area contributed by atoms with Crippen LogP contribution in [0.25, 0.3) is 5.52 Å². The van der Waals surface area contributed by atoms with Crippen LogP contribution in [-0.2, 0) is 32.0 Å². The predicted molar refractivity (Wildman–Crippen MR) is 127 cm³/mol. The highest BCUT2D eigenvalue weighted by atomic mass is 16.6. The number of rotatable bonds is 8. The molecule has 4 heterocycles. The number of carbonyl (C=O) groups excluding carboxylic acids is 2. The van der Waals surface area contributed by atoms with Gasteiger partial charge in [0.1, 0.15) is 24.6 Å². The third-order valence-electron chi connectivity index (χ3n) is 5.93. The van der Waals surface area contributed by atoms with E-state index in [4.69, 9.17) is 23.0 Å². The largest absolute Gasteiger partial charge is 0.519 e. The molecule has 192 valence electrons. The topological polar surface area (TPSA) is 147 Å². The number of ether oxygens (including phenoxy) is 3. The fourth-order valence-corrected chi connectivity index (χ4v) is 4.11. The number of anilines is 1. The van der Waals surface area contributed by atoms with Crippen molar-refractivity contribution in [2.75, 3.05) is 11.9 Å². The zero-order valence-electron chi connectivity index (χ0n) is 19.9. The minimum atomic E-state index is -0.864. The van der Waals surface area contributed by atoms with Gasteiger partial charge in [0.05, 0.1) is 18.2 Å². The standard InChI is InChI=1S/C25H24N4O8/c1-15-21(37-25(32)35-15)13-34-24(31)28-23-19-9-8-18(29(19)27-14-26-23)20-10-7-17(36-20)12-33-22(30)11-16-5-3-2-4-6-16/h2-6,8-9,14,17,20H,7,10-13H2,1H3,(H,26,27,28,31)/t17-,20+/m0/s1. The second kappa shape index (κ2) is 10.7. The minimum Gasteiger partial charge on any atom is -0.463 e. The molecule has 0 spiro atoms. The van der Waals surface area contributed by atoms with Crippen molar-refractivity contribution in [3.63, 3.8) is 0 Å². The third-order valence-corrected chi connectivity index (χ3v) is 5.93. The molecular formula is C25H24N4O8. The maximum atomic E-state index is 12.3. The van der Waals surface area contributed by atoms with Gasteiger partial charge in [-0.2, -0.15) is 5.10 Å². The molecule has 0 radical (unpaired) electrons. The molecule has 0 aliphatic carbocycles. The van der Waals surface area contributed by atoms with E-state index in [1.165, 1.54) is 13.3 Å². The lowest BCUT2D eigenvalue weighted by Gasteiger charge is -2.14. The van der Waals surface area contributed by atoms with Crippen LogP contribution in [0.2, 0.25) is 0 Å². The molecule has 0 saturated carbocycles. The van der Waals surface area contributed by atoms with E-state index in [1.807, 2.05) is 36.4 Å². The molecular weight excluding hydrogens is 484 g/mol. The van der Waals surface area contributed by atoms with Crippen LogP contribution >= 0.6 is 0 Å². The van der Waals surface area contributed by atoms with Gasteiger partial charge < -0.3 is 23.0 Å². The average Bonchev–Trinajstić information content (AvgIpc) is 3.60. The normalized spacial score (nSPS) is 17.1. The second-order valence-corrected chi connectivity index (χ2v) is 8.47. The number of amides is 1. The van der Waals surface area contributed by atoms with Crippen molar-refractivity contribution in [3.05, 3.63) is 82.2 Å². The number of hydrogen-bond donors (Lipinski definition) is 1. The van der Waals surface area contributed by atoms with Gasteiger partial charge in [-0.15, -0.1) is 0 Å². The lowest BCUT2D eigenvalue weighted by atomic mass is 10.1. The van der Waals surface area contributed by atoms with Crippen LogP contribution in [0.1, 0.15) is 41.7 Å². The van der Waals surface area contributed by atoms with Crippen molar-refractivity contribution < 1.29 is 32.6 Å². The Bertz CT molecular complexity index is 1460. The van der Waals surface area contributed by atoms with Crippen molar-refractivity contribution in [1.82, 2.24) is 14.6 Å². The highest BCUT2D eigenvalue weighted by Gasteiger charge is 2.30. The lowest BCUT2D eigenvalue weighted by molar-refractivity contribution is -0.146. The van der Waals surface area contributed by atoms with Crippen LogP contribution < -0.4 is 11.1 Å². The zero-order chi connectivity index (χ0) is 25.8. The van der Waals surface area contributed by atoms with E-state index in [9.17, 15) is 14.4 Å². The number of esters is 1. The molecule has 12 heteroatoms. The van der Waals surface area contributed by atoms with Gasteiger partial charge >= 0.3 is 17.9 Å². The molecule has 3 aromatic heterocycles. The van der Waals surface area contributed by atoms with Gasteiger partial charge in [-0.25, -0.2) is 19.1 Å². The summed E-state index contributed by atoms with van der Waals surface area (Å²) in [5.74, 6) is -0.569. The van der Waals surface area contributed by atoms with Gasteiger partial charge in [0.2, 0.25) is 0 Å². The van der Waals surface area contributed by atoms with E-state index in [-0.39, 0.29) is 55.2 Å². The van der Waals surface area contributed by atoms with Crippen LogP contribution in [0.4, 0.5) is 10.6 Å². The van der Waals surface area contributed by atoms with E-state index >= 15 is 0 Å². The molecule has 0 unspecified atom stereocenters. The number of aryl methyl sites for hydroxylation is 1. The summed E-state index contributed by atoms with van der Waals surface area (Å²) >= 11 is 0. The smallest absolute Gasteiger partial charge is 0.463 e. The van der Waals surface area contributed by atoms with Crippen molar-refractivity contribution in [3.8, 4) is 0 Å². The van der Waals surface area contributed by atoms with E-state index in [2.05, 4.69) is 15.4 Å². The summed E-state index contributed by atoms with van der Waals surface area (Å²) in [6, 6.07) is 13.0. The number of hydrogen-bond acceptors (Lipinski definition) is 10. The van der Waals surface area contributed by atoms with Gasteiger partial charge in [0, 0.05) is 0 Å². The first-order chi connectivity index (χ1) is 18.0. The SMILES string of the molecule is Cc1oc(=O)oc1COC(=O)Nc1ncnn2c([C@H]3CC[C@@H](COC(=O)Cc4ccccc4)O3)ccc12. The average molecular weight is 508 g/mol. The monoisotopic (exact) mass is 508 g/mol. The Morgan fingerprint density at radius 1 is 1.11 bits per heavy atom. The summed E-state index contributed by atoms with van der Waals surface area (Å²) < 4.78 is 27.8.